The first-order chi connectivity index (χ1) is 9.54. The standard InChI is InChI=1S/C14H28N2O4/c1-2-10-5-3-4-6-13(10)20-9-11(17)7-16-8-12(18)14(15)19/h10-13,16-18H,2-9H2,1H3,(H2,15,19). The molecule has 1 fully saturated rings. The van der Waals surface area contributed by atoms with E-state index in [-0.39, 0.29) is 25.8 Å². The van der Waals surface area contributed by atoms with Gasteiger partial charge in [-0.2, -0.15) is 0 Å². The van der Waals surface area contributed by atoms with Crippen LogP contribution >= 0.6 is 0 Å². The van der Waals surface area contributed by atoms with E-state index in [0.717, 1.165) is 12.8 Å². The van der Waals surface area contributed by atoms with Crippen molar-refractivity contribution < 1.29 is 19.7 Å². The number of amides is 1. The third kappa shape index (κ3) is 6.17. The first-order valence-electron chi connectivity index (χ1n) is 7.52. The number of hydrogen-bond acceptors (Lipinski definition) is 5. The molecule has 0 aromatic rings. The summed E-state index contributed by atoms with van der Waals surface area (Å²) in [6, 6.07) is 0. The third-order valence-electron chi connectivity index (χ3n) is 3.91. The predicted octanol–water partition coefficient (Wildman–Crippen LogP) is -0.231. The Balaban J connectivity index is 2.15. The molecule has 6 heteroatoms. The molecule has 0 saturated heterocycles. The Morgan fingerprint density at radius 1 is 1.35 bits per heavy atom. The molecule has 118 valence electrons. The first kappa shape index (κ1) is 17.4. The van der Waals surface area contributed by atoms with Crippen molar-refractivity contribution in [3.05, 3.63) is 0 Å². The lowest BCUT2D eigenvalue weighted by Gasteiger charge is -2.31. The molecule has 0 aliphatic heterocycles. The number of aliphatic hydroxyl groups excluding tert-OH is 2. The molecule has 1 aliphatic carbocycles. The van der Waals surface area contributed by atoms with Crippen LogP contribution in [0.25, 0.3) is 0 Å². The van der Waals surface area contributed by atoms with Crippen molar-refractivity contribution in [2.45, 2.75) is 57.3 Å². The summed E-state index contributed by atoms with van der Waals surface area (Å²) in [5.41, 5.74) is 4.92. The highest BCUT2D eigenvalue weighted by molar-refractivity contribution is 5.78. The van der Waals surface area contributed by atoms with E-state index in [4.69, 9.17) is 10.5 Å². The van der Waals surface area contributed by atoms with Gasteiger partial charge in [-0.3, -0.25) is 4.79 Å². The molecule has 0 aromatic heterocycles. The van der Waals surface area contributed by atoms with Crippen molar-refractivity contribution in [1.82, 2.24) is 5.32 Å². The highest BCUT2D eigenvalue weighted by atomic mass is 16.5. The SMILES string of the molecule is CCC1CCCCC1OCC(O)CNCC(O)C(N)=O. The molecule has 4 unspecified atom stereocenters. The van der Waals surface area contributed by atoms with Crippen molar-refractivity contribution in [2.75, 3.05) is 19.7 Å². The van der Waals surface area contributed by atoms with Crippen LogP contribution in [0.4, 0.5) is 0 Å². The van der Waals surface area contributed by atoms with Crippen molar-refractivity contribution in [2.24, 2.45) is 11.7 Å². The highest BCUT2D eigenvalue weighted by Crippen LogP contribution is 2.29. The van der Waals surface area contributed by atoms with Crippen LogP contribution in [-0.4, -0.2) is 54.1 Å². The molecule has 0 radical (unpaired) electrons. The van der Waals surface area contributed by atoms with E-state index in [1.54, 1.807) is 0 Å². The van der Waals surface area contributed by atoms with Crippen LogP contribution in [0, 0.1) is 5.92 Å². The first-order valence-corrected chi connectivity index (χ1v) is 7.52. The second-order valence-corrected chi connectivity index (χ2v) is 5.55. The van der Waals surface area contributed by atoms with Gasteiger partial charge in [0.1, 0.15) is 6.10 Å². The zero-order valence-corrected chi connectivity index (χ0v) is 12.3. The fourth-order valence-corrected chi connectivity index (χ4v) is 2.64. The van der Waals surface area contributed by atoms with Gasteiger partial charge in [0.2, 0.25) is 5.91 Å². The van der Waals surface area contributed by atoms with Crippen molar-refractivity contribution >= 4 is 5.91 Å². The zero-order chi connectivity index (χ0) is 15.0. The molecular weight excluding hydrogens is 260 g/mol. The molecule has 6 nitrogen and oxygen atoms in total. The maximum atomic E-state index is 10.6. The fraction of sp³-hybridized carbons (Fsp3) is 0.929. The normalized spacial score (nSPS) is 26.1. The molecule has 4 atom stereocenters. The third-order valence-corrected chi connectivity index (χ3v) is 3.91. The van der Waals surface area contributed by atoms with Crippen LogP contribution in [0.15, 0.2) is 0 Å². The monoisotopic (exact) mass is 288 g/mol. The fourth-order valence-electron chi connectivity index (χ4n) is 2.64. The van der Waals surface area contributed by atoms with Crippen LogP contribution < -0.4 is 11.1 Å². The Morgan fingerprint density at radius 3 is 2.70 bits per heavy atom. The van der Waals surface area contributed by atoms with Crippen LogP contribution in [-0.2, 0) is 9.53 Å². The summed E-state index contributed by atoms with van der Waals surface area (Å²) in [6.07, 6.45) is 4.25. The van der Waals surface area contributed by atoms with Gasteiger partial charge in [-0.25, -0.2) is 0 Å². The van der Waals surface area contributed by atoms with E-state index in [2.05, 4.69) is 12.2 Å². The number of nitrogens with two attached hydrogens (primary N) is 1. The number of nitrogens with one attached hydrogen (secondary N) is 1. The molecule has 1 aliphatic rings. The lowest BCUT2D eigenvalue weighted by molar-refractivity contribution is -0.125. The minimum atomic E-state index is -1.22. The van der Waals surface area contributed by atoms with Gasteiger partial charge in [0, 0.05) is 13.1 Å². The molecule has 0 aromatic carbocycles. The molecule has 1 amide bonds. The van der Waals surface area contributed by atoms with E-state index in [0.29, 0.717) is 5.92 Å². The Hall–Kier alpha value is -0.690. The maximum Gasteiger partial charge on any atom is 0.247 e. The quantitative estimate of drug-likeness (QED) is 0.469. The second kappa shape index (κ2) is 9.28. The Kier molecular flexibility index (Phi) is 8.06. The molecule has 20 heavy (non-hydrogen) atoms. The van der Waals surface area contributed by atoms with Gasteiger partial charge in [-0.1, -0.05) is 26.2 Å². The van der Waals surface area contributed by atoms with E-state index < -0.39 is 18.1 Å². The number of ether oxygens (including phenoxy) is 1. The molecule has 0 spiro atoms. The summed E-state index contributed by atoms with van der Waals surface area (Å²) in [4.78, 5) is 10.6. The van der Waals surface area contributed by atoms with Gasteiger partial charge in [0.05, 0.1) is 18.8 Å². The molecular formula is C14H28N2O4. The highest BCUT2D eigenvalue weighted by Gasteiger charge is 2.24. The summed E-state index contributed by atoms with van der Waals surface area (Å²) in [7, 11) is 0. The summed E-state index contributed by atoms with van der Waals surface area (Å²) in [5.74, 6) is -0.170. The van der Waals surface area contributed by atoms with Crippen molar-refractivity contribution in [1.29, 1.82) is 0 Å². The van der Waals surface area contributed by atoms with Gasteiger partial charge in [-0.05, 0) is 18.8 Å². The largest absolute Gasteiger partial charge is 0.389 e. The number of carbonyl (C=O) groups excluding carboxylic acids is 1. The van der Waals surface area contributed by atoms with E-state index in [1.807, 2.05) is 0 Å². The number of rotatable bonds is 9. The van der Waals surface area contributed by atoms with Crippen molar-refractivity contribution in [3.8, 4) is 0 Å². The Bertz CT molecular complexity index is 288. The van der Waals surface area contributed by atoms with Gasteiger partial charge < -0.3 is 26.0 Å². The number of hydrogen-bond donors (Lipinski definition) is 4. The van der Waals surface area contributed by atoms with Crippen LogP contribution in [0.1, 0.15) is 39.0 Å². The summed E-state index contributed by atoms with van der Waals surface area (Å²) in [6.45, 7) is 2.78. The lowest BCUT2D eigenvalue weighted by atomic mass is 9.85. The topological polar surface area (TPSA) is 105 Å². The minimum absolute atomic E-state index is 0.0490. The van der Waals surface area contributed by atoms with Gasteiger partial charge in [-0.15, -0.1) is 0 Å². The number of primary amides is 1. The van der Waals surface area contributed by atoms with Gasteiger partial charge in [0.25, 0.3) is 0 Å². The van der Waals surface area contributed by atoms with Crippen LogP contribution in [0.3, 0.4) is 0 Å². The average Bonchev–Trinajstić information content (AvgIpc) is 2.45. The number of carbonyl (C=O) groups is 1. The smallest absolute Gasteiger partial charge is 0.247 e. The maximum absolute atomic E-state index is 10.6. The zero-order valence-electron chi connectivity index (χ0n) is 12.3. The van der Waals surface area contributed by atoms with E-state index >= 15 is 0 Å². The van der Waals surface area contributed by atoms with Gasteiger partial charge in [0.15, 0.2) is 0 Å². The summed E-state index contributed by atoms with van der Waals surface area (Å²) in [5, 5.41) is 21.8. The molecule has 1 saturated carbocycles. The Morgan fingerprint density at radius 2 is 2.05 bits per heavy atom. The summed E-state index contributed by atoms with van der Waals surface area (Å²) >= 11 is 0. The second-order valence-electron chi connectivity index (χ2n) is 5.55. The molecule has 5 N–H and O–H groups in total. The molecule has 0 heterocycles. The predicted molar refractivity (Wildman–Crippen MR) is 76.1 cm³/mol. The van der Waals surface area contributed by atoms with E-state index in [1.165, 1.54) is 19.3 Å². The van der Waals surface area contributed by atoms with Crippen molar-refractivity contribution in [3.63, 3.8) is 0 Å². The molecule has 1 rings (SSSR count). The summed E-state index contributed by atoms with van der Waals surface area (Å²) < 4.78 is 5.81. The van der Waals surface area contributed by atoms with Crippen LogP contribution in [0.2, 0.25) is 0 Å². The molecule has 0 bridgehead atoms. The Labute approximate surface area is 120 Å². The van der Waals surface area contributed by atoms with E-state index in [9.17, 15) is 15.0 Å². The van der Waals surface area contributed by atoms with Crippen LogP contribution in [0.5, 0.6) is 0 Å². The number of aliphatic hydroxyl groups is 2. The minimum Gasteiger partial charge on any atom is -0.389 e. The van der Waals surface area contributed by atoms with Gasteiger partial charge >= 0.3 is 0 Å². The average molecular weight is 288 g/mol. The lowest BCUT2D eigenvalue weighted by Crippen LogP contribution is -2.41.